The molecule has 1 unspecified atom stereocenters. The highest BCUT2D eigenvalue weighted by Gasteiger charge is 2.24. The van der Waals surface area contributed by atoms with E-state index in [2.05, 4.69) is 19.2 Å². The Morgan fingerprint density at radius 3 is 2.62 bits per heavy atom. The van der Waals surface area contributed by atoms with Gasteiger partial charge in [-0.2, -0.15) is 0 Å². The van der Waals surface area contributed by atoms with Gasteiger partial charge < -0.3 is 14.8 Å². The summed E-state index contributed by atoms with van der Waals surface area (Å²) in [7, 11) is 3.35. The van der Waals surface area contributed by atoms with Gasteiger partial charge in [0.2, 0.25) is 0 Å². The Kier molecular flexibility index (Phi) is 5.77. The molecule has 0 radical (unpaired) electrons. The van der Waals surface area contributed by atoms with Crippen LogP contribution in [0, 0.1) is 5.92 Å². The highest BCUT2D eigenvalue weighted by molar-refractivity contribution is 6.31. The van der Waals surface area contributed by atoms with Gasteiger partial charge in [-0.1, -0.05) is 25.4 Å². The van der Waals surface area contributed by atoms with Gasteiger partial charge in [-0.3, -0.25) is 0 Å². The van der Waals surface area contributed by atoms with Gasteiger partial charge in [0, 0.05) is 16.7 Å². The number of hydrogen-bond donors (Lipinski definition) is 1. The summed E-state index contributed by atoms with van der Waals surface area (Å²) < 4.78 is 11.0. The molecule has 21 heavy (non-hydrogen) atoms. The first kappa shape index (κ1) is 16.4. The molecule has 3 nitrogen and oxygen atoms in total. The Morgan fingerprint density at radius 1 is 1.33 bits per heavy atom. The van der Waals surface area contributed by atoms with Crippen molar-refractivity contribution in [1.82, 2.24) is 5.32 Å². The smallest absolute Gasteiger partial charge is 0.164 e. The summed E-state index contributed by atoms with van der Waals surface area (Å²) in [5.41, 5.74) is 2.41. The van der Waals surface area contributed by atoms with E-state index in [0.717, 1.165) is 36.0 Å². The first-order chi connectivity index (χ1) is 10.1. The molecule has 0 amide bonds. The fraction of sp³-hybridized carbons (Fsp3) is 0.647. The van der Waals surface area contributed by atoms with Crippen molar-refractivity contribution in [2.24, 2.45) is 5.92 Å². The lowest BCUT2D eigenvalue weighted by Crippen LogP contribution is -2.31. The Bertz CT molecular complexity index is 482. The van der Waals surface area contributed by atoms with E-state index in [9.17, 15) is 0 Å². The van der Waals surface area contributed by atoms with E-state index in [-0.39, 0.29) is 0 Å². The first-order valence-corrected chi connectivity index (χ1v) is 8.10. The zero-order chi connectivity index (χ0) is 15.4. The number of methoxy groups -OCH3 is 2. The molecule has 0 aliphatic carbocycles. The molecule has 1 atom stereocenters. The molecule has 1 N–H and O–H groups in total. The van der Waals surface area contributed by atoms with Crippen LogP contribution in [0.25, 0.3) is 0 Å². The lowest BCUT2D eigenvalue weighted by molar-refractivity contribution is 0.346. The van der Waals surface area contributed by atoms with E-state index in [4.69, 9.17) is 21.1 Å². The average Bonchev–Trinajstić information content (AvgIpc) is 2.49. The first-order valence-electron chi connectivity index (χ1n) is 7.72. The average molecular weight is 312 g/mol. The van der Waals surface area contributed by atoms with E-state index in [1.54, 1.807) is 14.2 Å². The van der Waals surface area contributed by atoms with Gasteiger partial charge in [-0.05, 0) is 49.8 Å². The standard InChI is InChI=1S/C17H26ClNO2/c1-11(2)16-13(8-12-6-5-7-19-10-12)14(18)9-15(20-3)17(16)21-4/h9,11-12,19H,5-8,10H2,1-4H3. The molecule has 1 aliphatic heterocycles. The Morgan fingerprint density at radius 2 is 2.10 bits per heavy atom. The van der Waals surface area contributed by atoms with Gasteiger partial charge in [-0.25, -0.2) is 0 Å². The molecule has 1 fully saturated rings. The molecular weight excluding hydrogens is 286 g/mol. The van der Waals surface area contributed by atoms with Crippen LogP contribution in [0.4, 0.5) is 0 Å². The van der Waals surface area contributed by atoms with Crippen molar-refractivity contribution in [1.29, 1.82) is 0 Å². The number of nitrogens with one attached hydrogen (secondary N) is 1. The minimum absolute atomic E-state index is 0.346. The highest BCUT2D eigenvalue weighted by Crippen LogP contribution is 2.43. The van der Waals surface area contributed by atoms with Gasteiger partial charge in [0.1, 0.15) is 0 Å². The topological polar surface area (TPSA) is 30.5 Å². The van der Waals surface area contributed by atoms with Crippen molar-refractivity contribution in [3.63, 3.8) is 0 Å². The normalized spacial score (nSPS) is 18.9. The van der Waals surface area contributed by atoms with Crippen LogP contribution in [0.1, 0.15) is 43.7 Å². The van der Waals surface area contributed by atoms with Gasteiger partial charge in [-0.15, -0.1) is 0 Å². The van der Waals surface area contributed by atoms with Gasteiger partial charge in [0.05, 0.1) is 14.2 Å². The molecule has 118 valence electrons. The molecule has 0 spiro atoms. The zero-order valence-corrected chi connectivity index (χ0v) is 14.2. The maximum Gasteiger partial charge on any atom is 0.164 e. The molecule has 2 rings (SSSR count). The predicted octanol–water partition coefficient (Wildman–Crippen LogP) is 4.02. The fourth-order valence-electron chi connectivity index (χ4n) is 3.23. The summed E-state index contributed by atoms with van der Waals surface area (Å²) in [6.07, 6.45) is 3.50. The summed E-state index contributed by atoms with van der Waals surface area (Å²) in [4.78, 5) is 0. The van der Waals surface area contributed by atoms with Gasteiger partial charge >= 0.3 is 0 Å². The molecule has 0 bridgehead atoms. The Labute approximate surface area is 133 Å². The second-order valence-electron chi connectivity index (χ2n) is 6.06. The summed E-state index contributed by atoms with van der Waals surface area (Å²) in [6.45, 7) is 6.56. The molecule has 0 aromatic heterocycles. The van der Waals surface area contributed by atoms with Crippen molar-refractivity contribution in [2.75, 3.05) is 27.3 Å². The van der Waals surface area contributed by atoms with Crippen molar-refractivity contribution < 1.29 is 9.47 Å². The molecule has 1 heterocycles. The minimum atomic E-state index is 0.346. The number of halogens is 1. The third kappa shape index (κ3) is 3.64. The van der Waals surface area contributed by atoms with Crippen LogP contribution in [0.15, 0.2) is 6.07 Å². The van der Waals surface area contributed by atoms with E-state index in [1.807, 2.05) is 6.07 Å². The number of ether oxygens (including phenoxy) is 2. The number of hydrogen-bond acceptors (Lipinski definition) is 3. The minimum Gasteiger partial charge on any atom is -0.493 e. The summed E-state index contributed by atoms with van der Waals surface area (Å²) >= 11 is 6.55. The van der Waals surface area contributed by atoms with Crippen LogP contribution in [-0.2, 0) is 6.42 Å². The summed E-state index contributed by atoms with van der Waals surface area (Å²) in [6, 6.07) is 1.89. The van der Waals surface area contributed by atoms with Crippen LogP contribution in [0.2, 0.25) is 5.02 Å². The van der Waals surface area contributed by atoms with Gasteiger partial charge in [0.25, 0.3) is 0 Å². The molecule has 4 heteroatoms. The number of rotatable bonds is 5. The summed E-state index contributed by atoms with van der Waals surface area (Å²) in [5.74, 6) is 2.54. The van der Waals surface area contributed by atoms with E-state index < -0.39 is 0 Å². The van der Waals surface area contributed by atoms with Crippen molar-refractivity contribution in [3.8, 4) is 11.5 Å². The Balaban J connectivity index is 2.42. The third-order valence-corrected chi connectivity index (χ3v) is 4.57. The predicted molar refractivity (Wildman–Crippen MR) is 87.9 cm³/mol. The van der Waals surface area contributed by atoms with Crippen LogP contribution in [0.5, 0.6) is 11.5 Å². The second-order valence-corrected chi connectivity index (χ2v) is 6.46. The van der Waals surface area contributed by atoms with E-state index in [1.165, 1.54) is 24.0 Å². The van der Waals surface area contributed by atoms with Crippen molar-refractivity contribution in [2.45, 2.75) is 39.0 Å². The van der Waals surface area contributed by atoms with Crippen LogP contribution in [-0.4, -0.2) is 27.3 Å². The quantitative estimate of drug-likeness (QED) is 0.891. The summed E-state index contributed by atoms with van der Waals surface area (Å²) in [5, 5.41) is 4.27. The third-order valence-electron chi connectivity index (χ3n) is 4.23. The molecular formula is C17H26ClNO2. The molecule has 0 saturated carbocycles. The van der Waals surface area contributed by atoms with Crippen molar-refractivity contribution in [3.05, 3.63) is 22.2 Å². The molecule has 1 aromatic carbocycles. The van der Waals surface area contributed by atoms with E-state index >= 15 is 0 Å². The maximum atomic E-state index is 6.55. The Hall–Kier alpha value is -0.930. The largest absolute Gasteiger partial charge is 0.493 e. The second kappa shape index (κ2) is 7.37. The fourth-order valence-corrected chi connectivity index (χ4v) is 3.51. The molecule has 1 aliphatic rings. The van der Waals surface area contributed by atoms with E-state index in [0.29, 0.717) is 11.8 Å². The zero-order valence-electron chi connectivity index (χ0n) is 13.5. The van der Waals surface area contributed by atoms with Gasteiger partial charge in [0.15, 0.2) is 11.5 Å². The molecule has 1 aromatic rings. The van der Waals surface area contributed by atoms with Crippen LogP contribution >= 0.6 is 11.6 Å². The molecule has 1 saturated heterocycles. The number of benzene rings is 1. The lowest BCUT2D eigenvalue weighted by atomic mass is 9.86. The number of piperidine rings is 1. The monoisotopic (exact) mass is 311 g/mol. The highest BCUT2D eigenvalue weighted by atomic mass is 35.5. The lowest BCUT2D eigenvalue weighted by Gasteiger charge is -2.26. The van der Waals surface area contributed by atoms with Crippen LogP contribution < -0.4 is 14.8 Å². The van der Waals surface area contributed by atoms with Crippen LogP contribution in [0.3, 0.4) is 0 Å². The maximum absolute atomic E-state index is 6.55. The van der Waals surface area contributed by atoms with Crippen molar-refractivity contribution >= 4 is 11.6 Å². The SMILES string of the molecule is COc1cc(Cl)c(CC2CCCNC2)c(C(C)C)c1OC.